The average molecular weight is 483 g/mol. The van der Waals surface area contributed by atoms with Gasteiger partial charge >= 0.3 is 0 Å². The molecule has 0 N–H and O–H groups in total. The maximum atomic E-state index is 13.7. The Bertz CT molecular complexity index is 981. The maximum Gasteiger partial charge on any atom is 0.257 e. The number of carbonyl (C=O) groups excluding carboxylic acids is 3. The molecule has 1 aliphatic carbocycles. The third-order valence-electron chi connectivity index (χ3n) is 6.26. The number of carbonyl (C=O) groups is 3. The van der Waals surface area contributed by atoms with Crippen LogP contribution in [0.3, 0.4) is 0 Å². The van der Waals surface area contributed by atoms with Crippen LogP contribution in [0.4, 0.5) is 5.69 Å². The van der Waals surface area contributed by atoms with Gasteiger partial charge in [-0.1, -0.05) is 59.3 Å². The summed E-state index contributed by atoms with van der Waals surface area (Å²) in [5.41, 5.74) is 2.12. The number of imide groups is 1. The molecule has 0 spiro atoms. The number of rotatable bonds is 4. The second-order valence-electron chi connectivity index (χ2n) is 8.49. The lowest BCUT2D eigenvalue weighted by molar-refractivity contribution is -0.123. The van der Waals surface area contributed by atoms with Crippen molar-refractivity contribution in [2.75, 3.05) is 4.90 Å². The Kier molecular flexibility index (Phi) is 6.56. The van der Waals surface area contributed by atoms with Crippen LogP contribution in [0.25, 0.3) is 0 Å². The monoisotopic (exact) mass is 482 g/mol. The van der Waals surface area contributed by atoms with Crippen molar-refractivity contribution in [1.29, 1.82) is 0 Å². The zero-order valence-electron chi connectivity index (χ0n) is 17.7. The molecule has 1 atom stereocenters. The van der Waals surface area contributed by atoms with E-state index in [1.165, 1.54) is 4.90 Å². The second-order valence-corrected chi connectivity index (χ2v) is 9.41. The van der Waals surface area contributed by atoms with Crippen LogP contribution in [0.2, 0.25) is 0 Å². The summed E-state index contributed by atoms with van der Waals surface area (Å²) in [5, 5.41) is 0. The van der Waals surface area contributed by atoms with E-state index in [1.54, 1.807) is 23.1 Å². The molecule has 1 aliphatic heterocycles. The predicted octanol–water partition coefficient (Wildman–Crippen LogP) is 5.25. The first kappa shape index (κ1) is 21.8. The summed E-state index contributed by atoms with van der Waals surface area (Å²) in [6, 6.07) is 13.8. The van der Waals surface area contributed by atoms with Crippen LogP contribution in [0.1, 0.15) is 60.9 Å². The predicted molar refractivity (Wildman–Crippen MR) is 124 cm³/mol. The molecule has 0 bridgehead atoms. The molecule has 1 heterocycles. The minimum Gasteiger partial charge on any atom is -0.323 e. The van der Waals surface area contributed by atoms with Gasteiger partial charge in [0.25, 0.3) is 11.8 Å². The lowest BCUT2D eigenvalue weighted by Gasteiger charge is -2.35. The van der Waals surface area contributed by atoms with E-state index in [0.717, 1.165) is 48.6 Å². The fraction of sp³-hybridized carbons (Fsp3) is 0.400. The summed E-state index contributed by atoms with van der Waals surface area (Å²) in [7, 11) is 0. The SMILES string of the molecule is Cc1cccc(C(=O)N(C2CCCCCC2)C2CC(=O)N(c3ccc(Br)cc3)C2=O)c1. The van der Waals surface area contributed by atoms with E-state index in [9.17, 15) is 14.4 Å². The normalized spacial score (nSPS) is 20.1. The van der Waals surface area contributed by atoms with Gasteiger partial charge in [-0.25, -0.2) is 4.90 Å². The molecule has 2 aromatic rings. The van der Waals surface area contributed by atoms with Gasteiger partial charge in [-0.15, -0.1) is 0 Å². The van der Waals surface area contributed by atoms with E-state index >= 15 is 0 Å². The van der Waals surface area contributed by atoms with Gasteiger partial charge in [0, 0.05) is 16.1 Å². The fourth-order valence-corrected chi connectivity index (χ4v) is 4.98. The summed E-state index contributed by atoms with van der Waals surface area (Å²) in [4.78, 5) is 43.0. The van der Waals surface area contributed by atoms with Crippen molar-refractivity contribution >= 4 is 39.3 Å². The highest BCUT2D eigenvalue weighted by atomic mass is 79.9. The zero-order chi connectivity index (χ0) is 22.0. The van der Waals surface area contributed by atoms with Gasteiger partial charge in [0.1, 0.15) is 6.04 Å². The summed E-state index contributed by atoms with van der Waals surface area (Å²) in [6.07, 6.45) is 6.13. The molecule has 6 heteroatoms. The Morgan fingerprint density at radius 3 is 2.32 bits per heavy atom. The Morgan fingerprint density at radius 2 is 1.68 bits per heavy atom. The zero-order valence-corrected chi connectivity index (χ0v) is 19.3. The molecule has 2 fully saturated rings. The van der Waals surface area contributed by atoms with Crippen molar-refractivity contribution in [3.63, 3.8) is 0 Å². The minimum absolute atomic E-state index is 0.0258. The summed E-state index contributed by atoms with van der Waals surface area (Å²) >= 11 is 3.39. The highest BCUT2D eigenvalue weighted by Crippen LogP contribution is 2.32. The largest absolute Gasteiger partial charge is 0.323 e. The molecule has 4 rings (SSSR count). The van der Waals surface area contributed by atoms with Gasteiger partial charge in [-0.05, 0) is 56.2 Å². The van der Waals surface area contributed by atoms with Crippen LogP contribution in [-0.4, -0.2) is 34.7 Å². The van der Waals surface area contributed by atoms with E-state index < -0.39 is 6.04 Å². The molecule has 31 heavy (non-hydrogen) atoms. The molecule has 2 aliphatic rings. The summed E-state index contributed by atoms with van der Waals surface area (Å²) in [6.45, 7) is 1.95. The quantitative estimate of drug-likeness (QED) is 0.441. The lowest BCUT2D eigenvalue weighted by atomic mass is 10.0. The molecule has 1 unspecified atom stereocenters. The number of anilines is 1. The Balaban J connectivity index is 1.69. The van der Waals surface area contributed by atoms with Crippen LogP contribution >= 0.6 is 15.9 Å². The first-order valence-corrected chi connectivity index (χ1v) is 11.8. The molecule has 5 nitrogen and oxygen atoms in total. The van der Waals surface area contributed by atoms with Crippen LogP contribution in [0.15, 0.2) is 53.0 Å². The third-order valence-corrected chi connectivity index (χ3v) is 6.79. The number of benzene rings is 2. The highest BCUT2D eigenvalue weighted by molar-refractivity contribution is 9.10. The first-order chi connectivity index (χ1) is 15.0. The second kappa shape index (κ2) is 9.35. The molecule has 1 saturated heterocycles. The Hall–Kier alpha value is -2.47. The van der Waals surface area contributed by atoms with E-state index in [-0.39, 0.29) is 30.2 Å². The van der Waals surface area contributed by atoms with E-state index in [0.29, 0.717) is 11.3 Å². The highest BCUT2D eigenvalue weighted by Gasteiger charge is 2.46. The number of hydrogen-bond donors (Lipinski definition) is 0. The Morgan fingerprint density at radius 1 is 1.00 bits per heavy atom. The average Bonchev–Trinajstić information content (AvgIpc) is 2.92. The van der Waals surface area contributed by atoms with Gasteiger partial charge in [-0.3, -0.25) is 14.4 Å². The fourth-order valence-electron chi connectivity index (χ4n) is 4.72. The molecule has 3 amide bonds. The summed E-state index contributed by atoms with van der Waals surface area (Å²) < 4.78 is 0.876. The first-order valence-electron chi connectivity index (χ1n) is 11.0. The topological polar surface area (TPSA) is 57.7 Å². The smallest absolute Gasteiger partial charge is 0.257 e. The van der Waals surface area contributed by atoms with Gasteiger partial charge in [-0.2, -0.15) is 0 Å². The molecular formula is C25H27BrN2O3. The standard InChI is InChI=1S/C25H27BrN2O3/c1-17-7-6-8-18(15-17)24(30)27(20-9-4-2-3-5-10-20)22-16-23(29)28(25(22)31)21-13-11-19(26)12-14-21/h6-8,11-15,20,22H,2-5,9-10,16H2,1H3. The van der Waals surface area contributed by atoms with Gasteiger partial charge in [0.15, 0.2) is 0 Å². The van der Waals surface area contributed by atoms with Gasteiger partial charge < -0.3 is 4.90 Å². The van der Waals surface area contributed by atoms with Crippen LogP contribution in [-0.2, 0) is 9.59 Å². The van der Waals surface area contributed by atoms with Gasteiger partial charge in [0.05, 0.1) is 12.1 Å². The van der Waals surface area contributed by atoms with Crippen LogP contribution < -0.4 is 4.90 Å². The number of nitrogens with zero attached hydrogens (tertiary/aromatic N) is 2. The van der Waals surface area contributed by atoms with Crippen molar-refractivity contribution in [3.8, 4) is 0 Å². The van der Waals surface area contributed by atoms with Gasteiger partial charge in [0.2, 0.25) is 5.91 Å². The number of halogens is 1. The molecule has 2 aromatic carbocycles. The van der Waals surface area contributed by atoms with Crippen molar-refractivity contribution < 1.29 is 14.4 Å². The number of aryl methyl sites for hydroxylation is 1. The Labute approximate surface area is 191 Å². The van der Waals surface area contributed by atoms with Crippen molar-refractivity contribution in [3.05, 3.63) is 64.1 Å². The number of hydrogen-bond acceptors (Lipinski definition) is 3. The minimum atomic E-state index is -0.757. The van der Waals surface area contributed by atoms with Crippen molar-refractivity contribution in [2.45, 2.75) is 64.0 Å². The van der Waals surface area contributed by atoms with Crippen LogP contribution in [0.5, 0.6) is 0 Å². The van der Waals surface area contributed by atoms with E-state index in [2.05, 4.69) is 15.9 Å². The van der Waals surface area contributed by atoms with Crippen LogP contribution in [0, 0.1) is 6.92 Å². The van der Waals surface area contributed by atoms with E-state index in [1.807, 2.05) is 37.3 Å². The molecular weight excluding hydrogens is 456 g/mol. The van der Waals surface area contributed by atoms with Crippen molar-refractivity contribution in [2.24, 2.45) is 0 Å². The molecule has 1 saturated carbocycles. The van der Waals surface area contributed by atoms with E-state index in [4.69, 9.17) is 0 Å². The third kappa shape index (κ3) is 4.59. The summed E-state index contributed by atoms with van der Waals surface area (Å²) in [5.74, 6) is -0.718. The molecule has 0 aromatic heterocycles. The lowest BCUT2D eigenvalue weighted by Crippen LogP contribution is -2.50. The maximum absolute atomic E-state index is 13.7. The number of amides is 3. The molecule has 162 valence electrons. The molecule has 0 radical (unpaired) electrons. The van der Waals surface area contributed by atoms with Crippen molar-refractivity contribution in [1.82, 2.24) is 4.90 Å².